The quantitative estimate of drug-likeness (QED) is 0.632. The fraction of sp³-hybridized carbons (Fsp3) is 0.533. The smallest absolute Gasteiger partial charge is 0.309 e. The number of hydrogen-bond donors (Lipinski definition) is 1. The molecule has 1 unspecified atom stereocenters. The monoisotopic (exact) mass is 330 g/mol. The Bertz CT molecular complexity index is 615. The summed E-state index contributed by atoms with van der Waals surface area (Å²) in [6.07, 6.45) is -1.59. The minimum absolute atomic E-state index is 0.0412. The first-order valence-corrected chi connectivity index (χ1v) is 8.27. The summed E-state index contributed by atoms with van der Waals surface area (Å²) < 4.78 is 33.9. The van der Waals surface area contributed by atoms with Gasteiger partial charge in [0.15, 0.2) is 0 Å². The molecule has 1 aromatic rings. The molecule has 0 aromatic heterocycles. The van der Waals surface area contributed by atoms with E-state index in [1.165, 1.54) is 6.07 Å². The second kappa shape index (κ2) is 7.21. The molecule has 0 radical (unpaired) electrons. The van der Waals surface area contributed by atoms with E-state index in [-0.39, 0.29) is 11.3 Å². The Hall–Kier alpha value is -1.44. The van der Waals surface area contributed by atoms with Crippen molar-refractivity contribution in [3.05, 3.63) is 29.8 Å². The minimum atomic E-state index is -3.97. The Morgan fingerprint density at radius 1 is 1.27 bits per heavy atom. The van der Waals surface area contributed by atoms with E-state index in [0.717, 1.165) is 0 Å². The highest BCUT2D eigenvalue weighted by Crippen LogP contribution is 2.17. The maximum atomic E-state index is 12.0. The highest BCUT2D eigenvalue weighted by molar-refractivity contribution is 7.86. The Morgan fingerprint density at radius 3 is 2.41 bits per heavy atom. The lowest BCUT2D eigenvalue weighted by Crippen LogP contribution is -2.28. The molecule has 0 saturated heterocycles. The molecule has 0 bridgehead atoms. The second-order valence-electron chi connectivity index (χ2n) is 5.95. The first kappa shape index (κ1) is 18.6. The molecule has 0 spiro atoms. The molecule has 1 aromatic carbocycles. The summed E-state index contributed by atoms with van der Waals surface area (Å²) in [5, 5.41) is 9.71. The predicted molar refractivity (Wildman–Crippen MR) is 80.8 cm³/mol. The third-order valence-electron chi connectivity index (χ3n) is 2.60. The summed E-state index contributed by atoms with van der Waals surface area (Å²) in [7, 11) is -3.97. The van der Waals surface area contributed by atoms with Gasteiger partial charge < -0.3 is 9.84 Å². The van der Waals surface area contributed by atoms with Crippen molar-refractivity contribution in [2.24, 2.45) is 0 Å². The molecule has 7 heteroatoms. The summed E-state index contributed by atoms with van der Waals surface area (Å²) in [5.41, 5.74) is -0.116. The normalized spacial score (nSPS) is 13.7. The number of esters is 1. The molecule has 1 atom stereocenters. The van der Waals surface area contributed by atoms with Gasteiger partial charge >= 0.3 is 5.97 Å². The lowest BCUT2D eigenvalue weighted by atomic mass is 10.2. The van der Waals surface area contributed by atoms with Gasteiger partial charge in [-0.15, -0.1) is 0 Å². The average Bonchev–Trinajstić information content (AvgIpc) is 2.34. The number of aliphatic hydroxyl groups excluding tert-OH is 1. The summed E-state index contributed by atoms with van der Waals surface area (Å²) in [4.78, 5) is 11.6. The van der Waals surface area contributed by atoms with Crippen LogP contribution in [0.25, 0.3) is 0 Å². The Labute approximate surface area is 131 Å². The van der Waals surface area contributed by atoms with E-state index in [2.05, 4.69) is 0 Å². The van der Waals surface area contributed by atoms with Crippen LogP contribution in [0.4, 0.5) is 0 Å². The number of rotatable bonds is 6. The predicted octanol–water partition coefficient (Wildman–Crippen LogP) is 1.79. The molecule has 124 valence electrons. The van der Waals surface area contributed by atoms with Gasteiger partial charge in [-0.1, -0.05) is 18.2 Å². The van der Waals surface area contributed by atoms with Crippen LogP contribution >= 0.6 is 0 Å². The number of aliphatic hydroxyl groups is 1. The second-order valence-corrected chi connectivity index (χ2v) is 7.53. The largest absolute Gasteiger partial charge is 0.460 e. The molecule has 1 rings (SSSR count). The summed E-state index contributed by atoms with van der Waals surface area (Å²) in [6, 6.07) is 6.37. The molecular weight excluding hydrogens is 308 g/mol. The number of hydrogen-bond acceptors (Lipinski definition) is 6. The standard InChI is InChI=1S/C15H22O6S/c1-11-7-5-6-8-13(11)22(18,19)20-10-12(16)9-14(17)21-15(2,3)4/h5-8,12,16H,9-10H2,1-4H3. The van der Waals surface area contributed by atoms with Crippen molar-refractivity contribution in [1.29, 1.82) is 0 Å². The van der Waals surface area contributed by atoms with Gasteiger partial charge in [-0.2, -0.15) is 8.42 Å². The Kier molecular flexibility index (Phi) is 6.10. The zero-order chi connectivity index (χ0) is 17.0. The van der Waals surface area contributed by atoms with Crippen molar-refractivity contribution in [2.75, 3.05) is 6.61 Å². The number of benzene rings is 1. The maximum absolute atomic E-state index is 12.0. The highest BCUT2D eigenvalue weighted by atomic mass is 32.2. The van der Waals surface area contributed by atoms with Gasteiger partial charge in [0.2, 0.25) is 0 Å². The number of aryl methyl sites for hydroxylation is 1. The van der Waals surface area contributed by atoms with Gasteiger partial charge in [-0.3, -0.25) is 8.98 Å². The van der Waals surface area contributed by atoms with Crippen LogP contribution in [0.3, 0.4) is 0 Å². The Balaban J connectivity index is 2.59. The average molecular weight is 330 g/mol. The van der Waals surface area contributed by atoms with Crippen molar-refractivity contribution < 1.29 is 27.2 Å². The summed E-state index contributed by atoms with van der Waals surface area (Å²) in [6.45, 7) is 6.26. The molecule has 0 saturated carbocycles. The molecule has 22 heavy (non-hydrogen) atoms. The van der Waals surface area contributed by atoms with Crippen molar-refractivity contribution in [1.82, 2.24) is 0 Å². The fourth-order valence-electron chi connectivity index (χ4n) is 1.70. The van der Waals surface area contributed by atoms with E-state index in [4.69, 9.17) is 8.92 Å². The molecule has 0 heterocycles. The molecule has 0 amide bonds. The first-order chi connectivity index (χ1) is 10.0. The molecular formula is C15H22O6S. The van der Waals surface area contributed by atoms with E-state index in [1.807, 2.05) is 0 Å². The van der Waals surface area contributed by atoms with Crippen LogP contribution in [0.1, 0.15) is 32.8 Å². The van der Waals surface area contributed by atoms with E-state index in [0.29, 0.717) is 5.56 Å². The van der Waals surface area contributed by atoms with Gasteiger partial charge in [-0.05, 0) is 39.3 Å². The Morgan fingerprint density at radius 2 is 1.86 bits per heavy atom. The zero-order valence-electron chi connectivity index (χ0n) is 13.2. The first-order valence-electron chi connectivity index (χ1n) is 6.86. The summed E-state index contributed by atoms with van der Waals surface area (Å²) >= 11 is 0. The van der Waals surface area contributed by atoms with Crippen molar-refractivity contribution in [2.45, 2.75) is 50.7 Å². The lowest BCUT2D eigenvalue weighted by Gasteiger charge is -2.20. The van der Waals surface area contributed by atoms with Gasteiger partial charge in [0.05, 0.1) is 24.0 Å². The van der Waals surface area contributed by atoms with Crippen LogP contribution in [0.15, 0.2) is 29.2 Å². The third-order valence-corrected chi connectivity index (χ3v) is 4.04. The number of ether oxygens (including phenoxy) is 1. The van der Waals surface area contributed by atoms with Crippen molar-refractivity contribution >= 4 is 16.1 Å². The fourth-order valence-corrected chi connectivity index (χ4v) is 2.87. The van der Waals surface area contributed by atoms with E-state index in [1.54, 1.807) is 45.9 Å². The molecule has 0 aliphatic heterocycles. The van der Waals surface area contributed by atoms with Crippen LogP contribution in [0.2, 0.25) is 0 Å². The van der Waals surface area contributed by atoms with Crippen molar-refractivity contribution in [3.8, 4) is 0 Å². The van der Waals surface area contributed by atoms with Crippen LogP contribution in [0, 0.1) is 6.92 Å². The van der Waals surface area contributed by atoms with Crippen LogP contribution < -0.4 is 0 Å². The highest BCUT2D eigenvalue weighted by Gasteiger charge is 2.23. The topological polar surface area (TPSA) is 89.9 Å². The van der Waals surface area contributed by atoms with E-state index < -0.39 is 34.4 Å². The molecule has 0 aliphatic rings. The van der Waals surface area contributed by atoms with E-state index >= 15 is 0 Å². The van der Waals surface area contributed by atoms with Crippen LogP contribution in [0.5, 0.6) is 0 Å². The maximum Gasteiger partial charge on any atom is 0.309 e. The molecule has 6 nitrogen and oxygen atoms in total. The van der Waals surface area contributed by atoms with Gasteiger partial charge in [-0.25, -0.2) is 0 Å². The molecule has 0 fully saturated rings. The lowest BCUT2D eigenvalue weighted by molar-refractivity contribution is -0.157. The third kappa shape index (κ3) is 6.13. The summed E-state index contributed by atoms with van der Waals surface area (Å²) in [5.74, 6) is -0.614. The number of carbonyl (C=O) groups excluding carboxylic acids is 1. The minimum Gasteiger partial charge on any atom is -0.460 e. The molecule has 0 aliphatic carbocycles. The number of carbonyl (C=O) groups is 1. The van der Waals surface area contributed by atoms with Gasteiger partial charge in [0, 0.05) is 0 Å². The van der Waals surface area contributed by atoms with Crippen LogP contribution in [-0.2, 0) is 23.8 Å². The SMILES string of the molecule is Cc1ccccc1S(=O)(=O)OCC(O)CC(=O)OC(C)(C)C. The van der Waals surface area contributed by atoms with Gasteiger partial charge in [0.1, 0.15) is 5.60 Å². The van der Waals surface area contributed by atoms with E-state index in [9.17, 15) is 18.3 Å². The van der Waals surface area contributed by atoms with Crippen molar-refractivity contribution in [3.63, 3.8) is 0 Å². The van der Waals surface area contributed by atoms with Crippen LogP contribution in [-0.4, -0.2) is 37.8 Å². The zero-order valence-corrected chi connectivity index (χ0v) is 14.0. The molecule has 1 N–H and O–H groups in total. The van der Waals surface area contributed by atoms with Gasteiger partial charge in [0.25, 0.3) is 10.1 Å².